The van der Waals surface area contributed by atoms with Gasteiger partial charge in [-0.05, 0) is 37.0 Å². The number of nitrogens with zero attached hydrogens (tertiary/aromatic N) is 3. The Kier molecular flexibility index (Phi) is 5.14. The molecule has 1 aromatic carbocycles. The van der Waals surface area contributed by atoms with Gasteiger partial charge in [0.2, 0.25) is 11.8 Å². The zero-order valence-corrected chi connectivity index (χ0v) is 15.9. The van der Waals surface area contributed by atoms with Crippen LogP contribution in [0.3, 0.4) is 0 Å². The van der Waals surface area contributed by atoms with Gasteiger partial charge in [0, 0.05) is 39.0 Å². The topological polar surface area (TPSA) is 66.7 Å². The second kappa shape index (κ2) is 7.71. The summed E-state index contributed by atoms with van der Waals surface area (Å²) in [6.45, 7) is 4.59. The molecule has 0 N–H and O–H groups in total. The maximum atomic E-state index is 12.8. The Bertz CT molecular complexity index is 838. The van der Waals surface area contributed by atoms with Crippen LogP contribution in [-0.2, 0) is 16.0 Å². The molecule has 0 atom stereocenters. The molecule has 2 aliphatic rings. The first-order chi connectivity index (χ1) is 13.1. The summed E-state index contributed by atoms with van der Waals surface area (Å²) in [4.78, 5) is 33.6. The van der Waals surface area contributed by atoms with E-state index in [-0.39, 0.29) is 11.8 Å². The van der Waals surface area contributed by atoms with Gasteiger partial charge in [-0.15, -0.1) is 0 Å². The number of fused-ring (bicyclic) bond motifs is 1. The van der Waals surface area contributed by atoms with Gasteiger partial charge in [-0.2, -0.15) is 0 Å². The van der Waals surface area contributed by atoms with Gasteiger partial charge in [0.05, 0.1) is 6.42 Å². The van der Waals surface area contributed by atoms with Gasteiger partial charge < -0.3 is 14.2 Å². The number of hydrogen-bond donors (Lipinski definition) is 0. The van der Waals surface area contributed by atoms with Crippen molar-refractivity contribution in [3.63, 3.8) is 0 Å². The Labute approximate surface area is 159 Å². The molecule has 6 heteroatoms. The number of rotatable bonds is 3. The molecular formula is C21H27N3O3. The maximum Gasteiger partial charge on any atom is 0.227 e. The van der Waals surface area contributed by atoms with E-state index in [9.17, 15) is 9.59 Å². The Morgan fingerprint density at radius 1 is 1.07 bits per heavy atom. The van der Waals surface area contributed by atoms with Crippen LogP contribution in [0.4, 0.5) is 0 Å². The molecule has 2 heterocycles. The Morgan fingerprint density at radius 2 is 1.81 bits per heavy atom. The summed E-state index contributed by atoms with van der Waals surface area (Å²) in [6, 6.07) is 5.75. The van der Waals surface area contributed by atoms with Crippen LogP contribution in [0, 0.1) is 12.8 Å². The van der Waals surface area contributed by atoms with Gasteiger partial charge >= 0.3 is 0 Å². The lowest BCUT2D eigenvalue weighted by molar-refractivity contribution is -0.136. The Hall–Kier alpha value is -2.37. The van der Waals surface area contributed by atoms with Crippen LogP contribution < -0.4 is 0 Å². The zero-order valence-electron chi connectivity index (χ0n) is 15.9. The Morgan fingerprint density at radius 3 is 2.63 bits per heavy atom. The van der Waals surface area contributed by atoms with Crippen molar-refractivity contribution >= 4 is 22.9 Å². The molecule has 6 nitrogen and oxygen atoms in total. The molecule has 2 fully saturated rings. The van der Waals surface area contributed by atoms with Crippen LogP contribution in [0.15, 0.2) is 22.6 Å². The highest BCUT2D eigenvalue weighted by atomic mass is 16.3. The highest BCUT2D eigenvalue weighted by Gasteiger charge is 2.29. The van der Waals surface area contributed by atoms with Crippen LogP contribution in [-0.4, -0.2) is 52.8 Å². The molecule has 1 aliphatic carbocycles. The first-order valence-corrected chi connectivity index (χ1v) is 10.0. The third kappa shape index (κ3) is 3.99. The van der Waals surface area contributed by atoms with Crippen LogP contribution in [0.5, 0.6) is 0 Å². The van der Waals surface area contributed by atoms with E-state index in [1.54, 1.807) is 0 Å². The molecule has 144 valence electrons. The molecule has 1 saturated carbocycles. The molecule has 2 aromatic rings. The summed E-state index contributed by atoms with van der Waals surface area (Å²) in [5.41, 5.74) is 2.48. The minimum atomic E-state index is 0.112. The number of amides is 2. The minimum Gasteiger partial charge on any atom is -0.441 e. The molecule has 0 spiro atoms. The van der Waals surface area contributed by atoms with Gasteiger partial charge in [-0.3, -0.25) is 9.59 Å². The zero-order chi connectivity index (χ0) is 18.8. The van der Waals surface area contributed by atoms with Crippen molar-refractivity contribution < 1.29 is 14.0 Å². The summed E-state index contributed by atoms with van der Waals surface area (Å²) < 4.78 is 5.56. The van der Waals surface area contributed by atoms with Crippen molar-refractivity contribution in [1.82, 2.24) is 14.8 Å². The lowest BCUT2D eigenvalue weighted by Crippen LogP contribution is -2.39. The normalized spacial score (nSPS) is 18.9. The summed E-state index contributed by atoms with van der Waals surface area (Å²) >= 11 is 0. The maximum absolute atomic E-state index is 12.8. The standard InChI is InChI=1S/C21H27N3O3/c1-15-22-18-8-7-16(13-19(18)27-15)14-20(25)23-9-4-10-24(12-11-23)21(26)17-5-2-3-6-17/h7-8,13,17H,2-6,9-12,14H2,1H3. The molecular weight excluding hydrogens is 342 g/mol. The SMILES string of the molecule is Cc1nc2ccc(CC(=O)N3CCCN(C(=O)C4CCCC4)CC3)cc2o1. The number of carbonyl (C=O) groups is 2. The fraction of sp³-hybridized carbons (Fsp3) is 0.571. The molecule has 1 aliphatic heterocycles. The predicted molar refractivity (Wildman–Crippen MR) is 102 cm³/mol. The molecule has 2 amide bonds. The molecule has 4 rings (SSSR count). The summed E-state index contributed by atoms with van der Waals surface area (Å²) in [7, 11) is 0. The number of aromatic nitrogens is 1. The van der Waals surface area contributed by atoms with Gasteiger partial charge in [-0.1, -0.05) is 18.9 Å². The Balaban J connectivity index is 1.36. The summed E-state index contributed by atoms with van der Waals surface area (Å²) in [5.74, 6) is 1.26. The lowest BCUT2D eigenvalue weighted by atomic mass is 10.1. The number of aryl methyl sites for hydroxylation is 1. The van der Waals surface area contributed by atoms with Crippen molar-refractivity contribution in [1.29, 1.82) is 0 Å². The molecule has 27 heavy (non-hydrogen) atoms. The van der Waals surface area contributed by atoms with Crippen molar-refractivity contribution in [2.45, 2.75) is 45.4 Å². The van der Waals surface area contributed by atoms with Crippen molar-refractivity contribution in [2.24, 2.45) is 5.92 Å². The molecule has 1 saturated heterocycles. The molecule has 1 aromatic heterocycles. The van der Waals surface area contributed by atoms with E-state index in [0.29, 0.717) is 31.3 Å². The van der Waals surface area contributed by atoms with Gasteiger partial charge in [0.15, 0.2) is 11.5 Å². The first-order valence-electron chi connectivity index (χ1n) is 10.0. The third-order valence-corrected chi connectivity index (χ3v) is 5.78. The van der Waals surface area contributed by atoms with Crippen molar-refractivity contribution in [2.75, 3.05) is 26.2 Å². The number of carbonyl (C=O) groups excluding carboxylic acids is 2. The van der Waals surface area contributed by atoms with Gasteiger partial charge in [0.25, 0.3) is 0 Å². The highest BCUT2D eigenvalue weighted by Crippen LogP contribution is 2.27. The minimum absolute atomic E-state index is 0.112. The van der Waals surface area contributed by atoms with Crippen LogP contribution in [0.25, 0.3) is 11.1 Å². The first kappa shape index (κ1) is 18.0. The van der Waals surface area contributed by atoms with E-state index >= 15 is 0 Å². The lowest BCUT2D eigenvalue weighted by Gasteiger charge is -2.24. The monoisotopic (exact) mass is 369 g/mol. The third-order valence-electron chi connectivity index (χ3n) is 5.78. The van der Waals surface area contributed by atoms with E-state index in [2.05, 4.69) is 4.98 Å². The van der Waals surface area contributed by atoms with E-state index < -0.39 is 0 Å². The van der Waals surface area contributed by atoms with Crippen molar-refractivity contribution in [3.8, 4) is 0 Å². The average molecular weight is 369 g/mol. The fourth-order valence-electron chi connectivity index (χ4n) is 4.30. The highest BCUT2D eigenvalue weighted by molar-refractivity contribution is 5.82. The quantitative estimate of drug-likeness (QED) is 0.834. The summed E-state index contributed by atoms with van der Waals surface area (Å²) in [5, 5.41) is 0. The van der Waals surface area contributed by atoms with Crippen molar-refractivity contribution in [3.05, 3.63) is 29.7 Å². The smallest absolute Gasteiger partial charge is 0.227 e. The van der Waals surface area contributed by atoms with E-state index in [0.717, 1.165) is 49.0 Å². The van der Waals surface area contributed by atoms with E-state index in [1.165, 1.54) is 12.8 Å². The second-order valence-corrected chi connectivity index (χ2v) is 7.75. The van der Waals surface area contributed by atoms with E-state index in [1.807, 2.05) is 34.9 Å². The average Bonchev–Trinajstić information content (AvgIpc) is 3.23. The number of oxazole rings is 1. The van der Waals surface area contributed by atoms with Gasteiger partial charge in [0.1, 0.15) is 5.52 Å². The number of hydrogen-bond acceptors (Lipinski definition) is 4. The second-order valence-electron chi connectivity index (χ2n) is 7.75. The van der Waals surface area contributed by atoms with E-state index in [4.69, 9.17) is 4.42 Å². The van der Waals surface area contributed by atoms with Gasteiger partial charge in [-0.25, -0.2) is 4.98 Å². The largest absolute Gasteiger partial charge is 0.441 e. The van der Waals surface area contributed by atoms with Crippen LogP contribution >= 0.6 is 0 Å². The fourth-order valence-corrected chi connectivity index (χ4v) is 4.30. The molecule has 0 unspecified atom stereocenters. The van der Waals surface area contributed by atoms with Crippen LogP contribution in [0.1, 0.15) is 43.6 Å². The summed E-state index contributed by atoms with van der Waals surface area (Å²) in [6.07, 6.45) is 5.60. The molecule has 0 bridgehead atoms. The molecule has 0 radical (unpaired) electrons. The number of benzene rings is 1. The van der Waals surface area contributed by atoms with Crippen LogP contribution in [0.2, 0.25) is 0 Å². The predicted octanol–water partition coefficient (Wildman–Crippen LogP) is 2.93.